The molecule has 2 nitrogen and oxygen atoms in total. The van der Waals surface area contributed by atoms with Crippen molar-refractivity contribution in [3.63, 3.8) is 0 Å². The number of allylic oxidation sites excluding steroid dienone is 1. The van der Waals surface area contributed by atoms with Crippen LogP contribution in [0, 0.1) is 0 Å². The minimum absolute atomic E-state index is 0. The highest BCUT2D eigenvalue weighted by atomic mass is 35.5. The Labute approximate surface area is 174 Å². The van der Waals surface area contributed by atoms with Crippen molar-refractivity contribution in [1.82, 2.24) is 5.32 Å². The van der Waals surface area contributed by atoms with Gasteiger partial charge in [0.2, 0.25) is 0 Å². The van der Waals surface area contributed by atoms with Crippen LogP contribution in [0.15, 0.2) is 84.9 Å². The maximum Gasteiger partial charge on any atom is 0.119 e. The zero-order valence-corrected chi connectivity index (χ0v) is 17.3. The Bertz CT molecular complexity index is 858. The maximum absolute atomic E-state index is 5.78. The molecule has 0 unspecified atom stereocenters. The van der Waals surface area contributed by atoms with E-state index in [-0.39, 0.29) is 12.4 Å². The lowest BCUT2D eigenvalue weighted by molar-refractivity contribution is 0.318. The van der Waals surface area contributed by atoms with Gasteiger partial charge in [-0.3, -0.25) is 0 Å². The van der Waals surface area contributed by atoms with Gasteiger partial charge in [-0.15, -0.1) is 12.4 Å². The van der Waals surface area contributed by atoms with Crippen molar-refractivity contribution in [2.24, 2.45) is 0 Å². The van der Waals surface area contributed by atoms with Gasteiger partial charge >= 0.3 is 0 Å². The van der Waals surface area contributed by atoms with E-state index in [0.717, 1.165) is 18.7 Å². The van der Waals surface area contributed by atoms with Gasteiger partial charge in [0, 0.05) is 6.54 Å². The highest BCUT2D eigenvalue weighted by Gasteiger charge is 2.12. The van der Waals surface area contributed by atoms with Crippen molar-refractivity contribution in [2.75, 3.05) is 20.2 Å². The summed E-state index contributed by atoms with van der Waals surface area (Å²) in [6.45, 7) is 3.73. The van der Waals surface area contributed by atoms with Gasteiger partial charge < -0.3 is 10.1 Å². The predicted octanol–water partition coefficient (Wildman–Crippen LogP) is 6.08. The Balaban J connectivity index is 0.00000280. The maximum atomic E-state index is 5.78. The standard InChI is InChI=1S/C25H27NO.ClH/c1-3-24(20-10-6-4-7-11-20)25(21-12-8-5-9-13-21)22-14-16-23(17-15-22)27-19-18-26-2;/h4-17,26H,3,18-19H2,1-2H3;1H/b25-24+;. The number of likely N-dealkylation sites (N-methyl/N-ethyl adjacent to an activating group) is 1. The van der Waals surface area contributed by atoms with Gasteiger partial charge in [0.05, 0.1) is 0 Å². The number of hydrogen-bond donors (Lipinski definition) is 1. The van der Waals surface area contributed by atoms with E-state index >= 15 is 0 Å². The summed E-state index contributed by atoms with van der Waals surface area (Å²) in [4.78, 5) is 0. The van der Waals surface area contributed by atoms with Gasteiger partial charge in [0.15, 0.2) is 0 Å². The molecule has 0 aliphatic heterocycles. The molecule has 0 spiro atoms. The summed E-state index contributed by atoms with van der Waals surface area (Å²) < 4.78 is 5.78. The topological polar surface area (TPSA) is 21.3 Å². The first-order chi connectivity index (χ1) is 13.3. The van der Waals surface area contributed by atoms with Gasteiger partial charge in [0.25, 0.3) is 0 Å². The molecule has 0 aliphatic carbocycles. The van der Waals surface area contributed by atoms with E-state index in [2.05, 4.69) is 97.2 Å². The highest BCUT2D eigenvalue weighted by molar-refractivity contribution is 5.98. The van der Waals surface area contributed by atoms with Crippen LogP contribution in [0.3, 0.4) is 0 Å². The lowest BCUT2D eigenvalue weighted by Gasteiger charge is -2.17. The molecule has 0 bridgehead atoms. The molecule has 0 saturated carbocycles. The second kappa shape index (κ2) is 11.3. The Morgan fingerprint density at radius 1 is 0.750 bits per heavy atom. The lowest BCUT2D eigenvalue weighted by Crippen LogP contribution is -2.15. The molecule has 0 saturated heterocycles. The molecule has 0 aliphatic rings. The number of benzene rings is 3. The highest BCUT2D eigenvalue weighted by Crippen LogP contribution is 2.34. The largest absolute Gasteiger partial charge is 0.492 e. The fourth-order valence-electron chi connectivity index (χ4n) is 3.27. The Morgan fingerprint density at radius 3 is 1.82 bits per heavy atom. The van der Waals surface area contributed by atoms with Crippen LogP contribution in [0.5, 0.6) is 5.75 Å². The first-order valence-corrected chi connectivity index (χ1v) is 9.55. The second-order valence-electron chi connectivity index (χ2n) is 6.42. The van der Waals surface area contributed by atoms with Gasteiger partial charge in [-0.05, 0) is 53.4 Å². The molecule has 28 heavy (non-hydrogen) atoms. The van der Waals surface area contributed by atoms with Crippen LogP contribution in [-0.4, -0.2) is 20.2 Å². The Morgan fingerprint density at radius 2 is 1.29 bits per heavy atom. The SMILES string of the molecule is CC/C(=C(/c1ccccc1)c1ccc(OCCNC)cc1)c1ccccc1.Cl. The van der Waals surface area contributed by atoms with Gasteiger partial charge in [-0.25, -0.2) is 0 Å². The molecule has 0 aromatic heterocycles. The van der Waals surface area contributed by atoms with Crippen LogP contribution < -0.4 is 10.1 Å². The molecule has 3 aromatic carbocycles. The molecule has 146 valence electrons. The lowest BCUT2D eigenvalue weighted by atomic mass is 9.88. The summed E-state index contributed by atoms with van der Waals surface area (Å²) in [5.74, 6) is 0.902. The second-order valence-corrected chi connectivity index (χ2v) is 6.42. The fraction of sp³-hybridized carbons (Fsp3) is 0.200. The summed E-state index contributed by atoms with van der Waals surface area (Å²) in [5, 5.41) is 3.10. The first kappa shape index (κ1) is 21.7. The van der Waals surface area contributed by atoms with Crippen LogP contribution in [0.4, 0.5) is 0 Å². The zero-order valence-electron chi connectivity index (χ0n) is 16.5. The first-order valence-electron chi connectivity index (χ1n) is 9.55. The fourth-order valence-corrected chi connectivity index (χ4v) is 3.27. The molecule has 1 N–H and O–H groups in total. The molecule has 0 atom stereocenters. The zero-order chi connectivity index (χ0) is 18.9. The summed E-state index contributed by atoms with van der Waals surface area (Å²) in [6, 6.07) is 29.7. The van der Waals surface area contributed by atoms with Crippen molar-refractivity contribution < 1.29 is 4.74 Å². The Hall–Kier alpha value is -2.55. The van der Waals surface area contributed by atoms with Crippen molar-refractivity contribution in [2.45, 2.75) is 13.3 Å². The van der Waals surface area contributed by atoms with Gasteiger partial charge in [-0.1, -0.05) is 79.7 Å². The summed E-state index contributed by atoms with van der Waals surface area (Å²) in [7, 11) is 1.93. The monoisotopic (exact) mass is 393 g/mol. The van der Waals surface area contributed by atoms with E-state index in [1.807, 2.05) is 7.05 Å². The van der Waals surface area contributed by atoms with Crippen LogP contribution in [-0.2, 0) is 0 Å². The third kappa shape index (κ3) is 5.48. The van der Waals surface area contributed by atoms with Crippen LogP contribution in [0.1, 0.15) is 30.0 Å². The minimum atomic E-state index is 0. The van der Waals surface area contributed by atoms with E-state index < -0.39 is 0 Å². The van der Waals surface area contributed by atoms with Crippen LogP contribution in [0.25, 0.3) is 11.1 Å². The molecular weight excluding hydrogens is 366 g/mol. The van der Waals surface area contributed by atoms with Gasteiger partial charge in [0.1, 0.15) is 12.4 Å². The van der Waals surface area contributed by atoms with Crippen molar-refractivity contribution in [1.29, 1.82) is 0 Å². The van der Waals surface area contributed by atoms with Crippen molar-refractivity contribution >= 4 is 23.6 Å². The smallest absolute Gasteiger partial charge is 0.119 e. The van der Waals surface area contributed by atoms with E-state index in [9.17, 15) is 0 Å². The number of hydrogen-bond acceptors (Lipinski definition) is 2. The molecule has 0 amide bonds. The molecule has 0 fully saturated rings. The molecule has 3 rings (SSSR count). The summed E-state index contributed by atoms with van der Waals surface area (Å²) in [6.07, 6.45) is 0.967. The van der Waals surface area contributed by atoms with E-state index in [1.165, 1.54) is 27.8 Å². The van der Waals surface area contributed by atoms with Crippen LogP contribution in [0.2, 0.25) is 0 Å². The predicted molar refractivity (Wildman–Crippen MR) is 122 cm³/mol. The third-order valence-electron chi connectivity index (χ3n) is 4.60. The summed E-state index contributed by atoms with van der Waals surface area (Å²) >= 11 is 0. The third-order valence-corrected chi connectivity index (χ3v) is 4.60. The summed E-state index contributed by atoms with van der Waals surface area (Å²) in [5.41, 5.74) is 6.36. The Kier molecular flexibility index (Phi) is 8.80. The van der Waals surface area contributed by atoms with Crippen molar-refractivity contribution in [3.05, 3.63) is 102 Å². The normalized spacial score (nSPS) is 11.4. The van der Waals surface area contributed by atoms with Gasteiger partial charge in [-0.2, -0.15) is 0 Å². The van der Waals surface area contributed by atoms with Crippen molar-refractivity contribution in [3.8, 4) is 5.75 Å². The molecule has 3 heteroatoms. The molecule has 0 heterocycles. The van der Waals surface area contributed by atoms with E-state index in [0.29, 0.717) is 6.61 Å². The number of rotatable bonds is 8. The minimum Gasteiger partial charge on any atom is -0.492 e. The molecule has 0 radical (unpaired) electrons. The quantitative estimate of drug-likeness (QED) is 0.370. The average molecular weight is 394 g/mol. The average Bonchev–Trinajstić information content (AvgIpc) is 2.74. The van der Waals surface area contributed by atoms with E-state index in [4.69, 9.17) is 4.74 Å². The van der Waals surface area contributed by atoms with E-state index in [1.54, 1.807) is 0 Å². The molecule has 3 aromatic rings. The number of ether oxygens (including phenoxy) is 1. The molecular formula is C25H28ClNO. The number of nitrogens with one attached hydrogen (secondary N) is 1. The van der Waals surface area contributed by atoms with Crippen LogP contribution >= 0.6 is 12.4 Å². The number of halogens is 1.